The lowest BCUT2D eigenvalue weighted by Gasteiger charge is -2.32. The Morgan fingerprint density at radius 1 is 1.11 bits per heavy atom. The molecule has 4 rings (SSSR count). The Balaban J connectivity index is 1.30. The third-order valence-electron chi connectivity index (χ3n) is 5.27. The molecule has 144 valence electrons. The molecule has 0 spiro atoms. The molecule has 2 aromatic carbocycles. The molecule has 1 aliphatic heterocycles. The third kappa shape index (κ3) is 4.07. The molecule has 6 heteroatoms. The van der Waals surface area contributed by atoms with Gasteiger partial charge in [-0.2, -0.15) is 4.37 Å². The summed E-state index contributed by atoms with van der Waals surface area (Å²) in [6.07, 6.45) is 1.90. The van der Waals surface area contributed by atoms with Gasteiger partial charge in [0.25, 0.3) is 5.91 Å². The maximum absolute atomic E-state index is 12.7. The quantitative estimate of drug-likeness (QED) is 0.737. The highest BCUT2D eigenvalue weighted by Gasteiger charge is 2.25. The van der Waals surface area contributed by atoms with Crippen LogP contribution in [-0.4, -0.2) is 40.2 Å². The number of hydrogen-bond acceptors (Lipinski definition) is 4. The van der Waals surface area contributed by atoms with Crippen LogP contribution < -0.4 is 5.32 Å². The molecule has 0 bridgehead atoms. The van der Waals surface area contributed by atoms with E-state index < -0.39 is 0 Å². The van der Waals surface area contributed by atoms with E-state index in [0.717, 1.165) is 34.2 Å². The summed E-state index contributed by atoms with van der Waals surface area (Å²) in [6, 6.07) is 15.7. The van der Waals surface area contributed by atoms with Crippen LogP contribution in [0.4, 0.5) is 0 Å². The minimum atomic E-state index is -0.0429. The van der Waals surface area contributed by atoms with Crippen LogP contribution in [0.3, 0.4) is 0 Å². The first kappa shape index (κ1) is 18.6. The number of carbonyl (C=O) groups is 2. The minimum Gasteiger partial charge on any atom is -0.349 e. The lowest BCUT2D eigenvalue weighted by Crippen LogP contribution is -2.47. The SMILES string of the molecule is Cc1ccc(C(=O)NC2CCN(C(=O)Cc3nsc4ccccc34)CC2)cc1. The maximum Gasteiger partial charge on any atom is 0.251 e. The van der Waals surface area contributed by atoms with Crippen LogP contribution in [0.15, 0.2) is 48.5 Å². The Kier molecular flexibility index (Phi) is 5.39. The number of fused-ring (bicyclic) bond motifs is 1. The van der Waals surface area contributed by atoms with E-state index in [1.165, 1.54) is 11.5 Å². The zero-order valence-electron chi connectivity index (χ0n) is 15.9. The van der Waals surface area contributed by atoms with Gasteiger partial charge in [0.2, 0.25) is 5.91 Å². The Bertz CT molecular complexity index is 988. The van der Waals surface area contributed by atoms with Crippen molar-refractivity contribution in [2.45, 2.75) is 32.2 Å². The van der Waals surface area contributed by atoms with Crippen molar-refractivity contribution < 1.29 is 9.59 Å². The van der Waals surface area contributed by atoms with Gasteiger partial charge in [-0.1, -0.05) is 35.9 Å². The molecule has 2 heterocycles. The standard InChI is InChI=1S/C22H23N3O2S/c1-15-6-8-16(9-7-15)22(27)23-17-10-12-25(13-11-17)21(26)14-19-18-4-2-3-5-20(18)28-24-19/h2-9,17H,10-14H2,1H3,(H,23,27). The van der Waals surface area contributed by atoms with Crippen LogP contribution in [0.25, 0.3) is 10.1 Å². The molecule has 3 aromatic rings. The first-order valence-corrected chi connectivity index (χ1v) is 10.4. The number of aromatic nitrogens is 1. The van der Waals surface area contributed by atoms with E-state index in [4.69, 9.17) is 0 Å². The van der Waals surface area contributed by atoms with Gasteiger partial charge in [0.1, 0.15) is 0 Å². The Labute approximate surface area is 168 Å². The van der Waals surface area contributed by atoms with Crippen molar-refractivity contribution in [3.63, 3.8) is 0 Å². The first-order valence-electron chi connectivity index (χ1n) is 9.59. The number of piperidine rings is 1. The van der Waals surface area contributed by atoms with Gasteiger partial charge in [-0.3, -0.25) is 9.59 Å². The molecular weight excluding hydrogens is 370 g/mol. The van der Waals surface area contributed by atoms with Crippen LogP contribution in [0, 0.1) is 6.92 Å². The summed E-state index contributed by atoms with van der Waals surface area (Å²) in [5.74, 6) is 0.0677. The van der Waals surface area contributed by atoms with Crippen LogP contribution in [0.5, 0.6) is 0 Å². The molecule has 1 fully saturated rings. The highest BCUT2D eigenvalue weighted by Crippen LogP contribution is 2.23. The Morgan fingerprint density at radius 3 is 2.57 bits per heavy atom. The van der Waals surface area contributed by atoms with Gasteiger partial charge in [-0.05, 0) is 49.5 Å². The third-order valence-corrected chi connectivity index (χ3v) is 6.13. The summed E-state index contributed by atoms with van der Waals surface area (Å²) < 4.78 is 5.58. The van der Waals surface area contributed by atoms with Crippen molar-refractivity contribution in [3.8, 4) is 0 Å². The van der Waals surface area contributed by atoms with E-state index in [1.807, 2.05) is 60.4 Å². The molecule has 0 radical (unpaired) electrons. The van der Waals surface area contributed by atoms with E-state index in [2.05, 4.69) is 9.69 Å². The van der Waals surface area contributed by atoms with Crippen LogP contribution in [0.2, 0.25) is 0 Å². The lowest BCUT2D eigenvalue weighted by atomic mass is 10.0. The average Bonchev–Trinajstić information content (AvgIpc) is 3.12. The number of nitrogens with one attached hydrogen (secondary N) is 1. The number of nitrogens with zero attached hydrogens (tertiary/aromatic N) is 2. The molecule has 2 amide bonds. The largest absolute Gasteiger partial charge is 0.349 e. The maximum atomic E-state index is 12.7. The van der Waals surface area contributed by atoms with Crippen molar-refractivity contribution in [2.24, 2.45) is 0 Å². The topological polar surface area (TPSA) is 62.3 Å². The molecule has 0 saturated carbocycles. The summed E-state index contributed by atoms with van der Waals surface area (Å²) in [6.45, 7) is 3.34. The summed E-state index contributed by atoms with van der Waals surface area (Å²) in [5.41, 5.74) is 2.68. The van der Waals surface area contributed by atoms with Gasteiger partial charge >= 0.3 is 0 Å². The van der Waals surface area contributed by atoms with Gasteiger partial charge in [-0.15, -0.1) is 0 Å². The normalized spacial score (nSPS) is 15.0. The average molecular weight is 394 g/mol. The van der Waals surface area contributed by atoms with Gasteiger partial charge in [-0.25, -0.2) is 0 Å². The first-order chi connectivity index (χ1) is 13.6. The molecule has 28 heavy (non-hydrogen) atoms. The predicted octanol–water partition coefficient (Wildman–Crippen LogP) is 3.57. The minimum absolute atomic E-state index is 0.0429. The monoisotopic (exact) mass is 393 g/mol. The van der Waals surface area contributed by atoms with E-state index >= 15 is 0 Å². The lowest BCUT2D eigenvalue weighted by molar-refractivity contribution is -0.131. The van der Waals surface area contributed by atoms with Gasteiger partial charge in [0.05, 0.1) is 16.8 Å². The zero-order chi connectivity index (χ0) is 19.5. The Morgan fingerprint density at radius 2 is 1.82 bits per heavy atom. The van der Waals surface area contributed by atoms with Crippen LogP contribution in [0.1, 0.15) is 34.5 Å². The Hall–Kier alpha value is -2.73. The fourth-order valence-corrected chi connectivity index (χ4v) is 4.36. The fourth-order valence-electron chi connectivity index (χ4n) is 3.57. The van der Waals surface area contributed by atoms with Gasteiger partial charge < -0.3 is 10.2 Å². The van der Waals surface area contributed by atoms with Crippen LogP contribution in [-0.2, 0) is 11.2 Å². The second-order valence-electron chi connectivity index (χ2n) is 7.30. The van der Waals surface area contributed by atoms with Crippen molar-refractivity contribution in [1.82, 2.24) is 14.6 Å². The molecule has 1 N–H and O–H groups in total. The number of likely N-dealkylation sites (tertiary alicyclic amines) is 1. The molecular formula is C22H23N3O2S. The van der Waals surface area contributed by atoms with Gasteiger partial charge in [0, 0.05) is 30.1 Å². The summed E-state index contributed by atoms with van der Waals surface area (Å²) in [7, 11) is 0. The van der Waals surface area contributed by atoms with E-state index in [0.29, 0.717) is 25.1 Å². The summed E-state index contributed by atoms with van der Waals surface area (Å²) >= 11 is 1.44. The van der Waals surface area contributed by atoms with E-state index in [1.54, 1.807) is 0 Å². The molecule has 0 aliphatic carbocycles. The van der Waals surface area contributed by atoms with Crippen molar-refractivity contribution in [2.75, 3.05) is 13.1 Å². The molecule has 1 aromatic heterocycles. The highest BCUT2D eigenvalue weighted by atomic mass is 32.1. The zero-order valence-corrected chi connectivity index (χ0v) is 16.7. The smallest absolute Gasteiger partial charge is 0.251 e. The summed E-state index contributed by atoms with van der Waals surface area (Å²) in [4.78, 5) is 27.0. The van der Waals surface area contributed by atoms with Crippen LogP contribution >= 0.6 is 11.5 Å². The number of amides is 2. The number of hydrogen-bond donors (Lipinski definition) is 1. The number of aryl methyl sites for hydroxylation is 1. The van der Waals surface area contributed by atoms with Crippen molar-refractivity contribution in [3.05, 3.63) is 65.4 Å². The van der Waals surface area contributed by atoms with Crippen molar-refractivity contribution >= 4 is 33.4 Å². The molecule has 0 atom stereocenters. The molecule has 0 unspecified atom stereocenters. The number of benzene rings is 2. The predicted molar refractivity (Wildman–Crippen MR) is 112 cm³/mol. The molecule has 1 aliphatic rings. The fraction of sp³-hybridized carbons (Fsp3) is 0.318. The summed E-state index contributed by atoms with van der Waals surface area (Å²) in [5, 5.41) is 4.17. The molecule has 1 saturated heterocycles. The van der Waals surface area contributed by atoms with E-state index in [-0.39, 0.29) is 17.9 Å². The second kappa shape index (κ2) is 8.10. The highest BCUT2D eigenvalue weighted by molar-refractivity contribution is 7.13. The number of rotatable bonds is 4. The molecule has 5 nitrogen and oxygen atoms in total. The number of carbonyl (C=O) groups excluding carboxylic acids is 2. The van der Waals surface area contributed by atoms with Crippen molar-refractivity contribution in [1.29, 1.82) is 0 Å². The van der Waals surface area contributed by atoms with Gasteiger partial charge in [0.15, 0.2) is 0 Å². The second-order valence-corrected chi connectivity index (χ2v) is 8.10. The van der Waals surface area contributed by atoms with E-state index in [9.17, 15) is 9.59 Å².